The first kappa shape index (κ1) is 27.7. The molecule has 38 heavy (non-hydrogen) atoms. The first-order valence-corrected chi connectivity index (χ1v) is 13.7. The molecule has 0 saturated heterocycles. The minimum atomic E-state index is -3.46. The number of phenolic OH excluding ortho intramolecular Hbond substituents is 1. The highest BCUT2D eigenvalue weighted by atomic mass is 32.2. The summed E-state index contributed by atoms with van der Waals surface area (Å²) in [5.41, 5.74) is 3.07. The van der Waals surface area contributed by atoms with E-state index in [1.165, 1.54) is 17.0 Å². The number of carbonyl (C=O) groups excluding carboxylic acids is 3. The SMILES string of the molecule is CN(C)[C@@H]1C(O)C(C(N)=O)C(=O)[C@@]2(O)C(=O)C3=C(O)c4c(O)ccc(C#CCNS(C)(=O)=O)c4C[C@H]3C[C@@H]12. The van der Waals surface area contributed by atoms with E-state index in [9.17, 15) is 43.2 Å². The van der Waals surface area contributed by atoms with Gasteiger partial charge in [0.1, 0.15) is 17.4 Å². The van der Waals surface area contributed by atoms with Crippen LogP contribution < -0.4 is 10.5 Å². The molecule has 1 aromatic rings. The van der Waals surface area contributed by atoms with E-state index in [0.717, 1.165) is 6.26 Å². The number of Topliss-reactive ketones (excluding diaryl/α,β-unsaturated/α-hetero) is 2. The van der Waals surface area contributed by atoms with Gasteiger partial charge in [0.2, 0.25) is 21.7 Å². The number of benzene rings is 1. The first-order chi connectivity index (χ1) is 17.6. The number of hydrogen-bond acceptors (Lipinski definition) is 10. The van der Waals surface area contributed by atoms with Gasteiger partial charge >= 0.3 is 0 Å². The molecule has 0 bridgehead atoms. The zero-order valence-corrected chi connectivity index (χ0v) is 21.7. The van der Waals surface area contributed by atoms with Crippen molar-refractivity contribution in [2.75, 3.05) is 26.9 Å². The van der Waals surface area contributed by atoms with E-state index in [1.54, 1.807) is 14.1 Å². The number of nitrogens with one attached hydrogen (secondary N) is 1. The fourth-order valence-corrected chi connectivity index (χ4v) is 6.36. The Morgan fingerprint density at radius 1 is 1.26 bits per heavy atom. The van der Waals surface area contributed by atoms with Crippen LogP contribution in [0, 0.1) is 29.6 Å². The van der Waals surface area contributed by atoms with Crippen LogP contribution in [0.4, 0.5) is 0 Å². The second kappa shape index (κ2) is 9.48. The second-order valence-electron chi connectivity index (χ2n) is 10.2. The summed E-state index contributed by atoms with van der Waals surface area (Å²) in [6, 6.07) is 1.76. The third kappa shape index (κ3) is 4.28. The highest BCUT2D eigenvalue weighted by Gasteiger charge is 2.67. The van der Waals surface area contributed by atoms with Crippen LogP contribution in [0.3, 0.4) is 0 Å². The van der Waals surface area contributed by atoms with Gasteiger partial charge in [-0.1, -0.05) is 11.8 Å². The van der Waals surface area contributed by atoms with Crippen molar-refractivity contribution < 1.29 is 43.2 Å². The minimum absolute atomic E-state index is 0.0175. The number of fused-ring (bicyclic) bond motifs is 3. The largest absolute Gasteiger partial charge is 0.507 e. The molecule has 0 radical (unpaired) electrons. The van der Waals surface area contributed by atoms with Crippen LogP contribution >= 0.6 is 0 Å². The van der Waals surface area contributed by atoms with Crippen molar-refractivity contribution in [2.45, 2.75) is 30.6 Å². The number of aromatic hydroxyl groups is 1. The number of hydrogen-bond donors (Lipinski definition) is 6. The molecule has 3 aliphatic carbocycles. The molecule has 204 valence electrons. The van der Waals surface area contributed by atoms with Gasteiger partial charge in [-0.2, -0.15) is 0 Å². The van der Waals surface area contributed by atoms with Crippen molar-refractivity contribution in [3.63, 3.8) is 0 Å². The lowest BCUT2D eigenvalue weighted by molar-refractivity contribution is -0.184. The standard InChI is InChI=1S/C25H29N3O9S/c1-28(2)19-14-10-12-9-13-11(5-4-8-27-38(3,36)37)6-7-15(29)17(13)20(30)16(12)22(32)25(14,35)23(33)18(21(19)31)24(26)34/h6-7,12,14,18-19,21,27,29-31,35H,8-10H2,1-3H3,(H2,26,34)/t12-,14-,18?,19-,21?,25-/m0/s1. The number of primary amides is 1. The van der Waals surface area contributed by atoms with Crippen molar-refractivity contribution >= 4 is 33.3 Å². The zero-order chi connectivity index (χ0) is 28.3. The fraction of sp³-hybridized carbons (Fsp3) is 0.480. The number of aliphatic hydroxyl groups excluding tert-OH is 2. The summed E-state index contributed by atoms with van der Waals surface area (Å²) in [6.45, 7) is -0.176. The summed E-state index contributed by atoms with van der Waals surface area (Å²) >= 11 is 0. The molecule has 0 aromatic heterocycles. The molecule has 0 aliphatic heterocycles. The number of carbonyl (C=O) groups is 3. The van der Waals surface area contributed by atoms with E-state index < -0.39 is 68.8 Å². The quantitative estimate of drug-likeness (QED) is 0.181. The molecule has 7 N–H and O–H groups in total. The molecule has 3 aliphatic rings. The Kier molecular flexibility index (Phi) is 6.92. The van der Waals surface area contributed by atoms with Gasteiger partial charge in [-0.3, -0.25) is 14.4 Å². The van der Waals surface area contributed by atoms with Crippen molar-refractivity contribution in [3.8, 4) is 17.6 Å². The highest BCUT2D eigenvalue weighted by Crippen LogP contribution is 2.52. The highest BCUT2D eigenvalue weighted by molar-refractivity contribution is 7.88. The molecule has 0 spiro atoms. The number of likely N-dealkylation sites (N-methyl/N-ethyl adjacent to an activating group) is 1. The van der Waals surface area contributed by atoms with Crippen molar-refractivity contribution in [3.05, 3.63) is 34.4 Å². The molecule has 1 amide bonds. The maximum Gasteiger partial charge on any atom is 0.230 e. The van der Waals surface area contributed by atoms with E-state index >= 15 is 0 Å². The topological polar surface area (TPSA) is 208 Å². The van der Waals surface area contributed by atoms with Crippen LogP contribution in [0.15, 0.2) is 17.7 Å². The van der Waals surface area contributed by atoms with Crippen molar-refractivity contribution in [1.29, 1.82) is 0 Å². The number of aliphatic hydroxyl groups is 3. The molecule has 4 rings (SSSR count). The number of ketones is 2. The molecule has 12 nitrogen and oxygen atoms in total. The molecule has 2 saturated carbocycles. The van der Waals surface area contributed by atoms with Gasteiger partial charge in [0.05, 0.1) is 24.5 Å². The predicted molar refractivity (Wildman–Crippen MR) is 134 cm³/mol. The Morgan fingerprint density at radius 2 is 1.92 bits per heavy atom. The number of rotatable bonds is 4. The number of nitrogens with zero attached hydrogens (tertiary/aromatic N) is 1. The number of nitrogens with two attached hydrogens (primary N) is 1. The molecule has 2 unspecified atom stereocenters. The van der Waals surface area contributed by atoms with Crippen molar-refractivity contribution in [1.82, 2.24) is 9.62 Å². The normalized spacial score (nSPS) is 30.7. The lowest BCUT2D eigenvalue weighted by Gasteiger charge is -2.53. The van der Waals surface area contributed by atoms with Gasteiger partial charge in [-0.25, -0.2) is 13.1 Å². The van der Waals surface area contributed by atoms with Gasteiger partial charge in [-0.05, 0) is 50.6 Å². The van der Waals surface area contributed by atoms with E-state index in [1.807, 2.05) is 0 Å². The molecular formula is C25H29N3O9S. The Labute approximate surface area is 219 Å². The molecule has 13 heteroatoms. The average Bonchev–Trinajstić information content (AvgIpc) is 2.79. The van der Waals surface area contributed by atoms with Crippen LogP contribution in [-0.4, -0.2) is 95.9 Å². The summed E-state index contributed by atoms with van der Waals surface area (Å²) in [4.78, 5) is 40.7. The summed E-state index contributed by atoms with van der Waals surface area (Å²) in [5, 5.41) is 44.2. The van der Waals surface area contributed by atoms with E-state index in [-0.39, 0.29) is 36.3 Å². The first-order valence-electron chi connectivity index (χ1n) is 11.8. The Hall–Kier alpha value is -3.28. The lowest BCUT2D eigenvalue weighted by Crippen LogP contribution is -2.73. The van der Waals surface area contributed by atoms with Gasteiger partial charge < -0.3 is 31.1 Å². The summed E-state index contributed by atoms with van der Waals surface area (Å²) in [5.74, 6) is -2.70. The van der Waals surface area contributed by atoms with E-state index in [2.05, 4.69) is 16.6 Å². The lowest BCUT2D eigenvalue weighted by atomic mass is 9.54. The van der Waals surface area contributed by atoms with Crippen LogP contribution in [0.2, 0.25) is 0 Å². The van der Waals surface area contributed by atoms with Gasteiger partial charge in [-0.15, -0.1) is 0 Å². The Morgan fingerprint density at radius 3 is 2.50 bits per heavy atom. The minimum Gasteiger partial charge on any atom is -0.507 e. The Bertz CT molecular complexity index is 1440. The average molecular weight is 548 g/mol. The van der Waals surface area contributed by atoms with Gasteiger partial charge in [0.25, 0.3) is 0 Å². The maximum atomic E-state index is 13.8. The molecule has 1 aromatic carbocycles. The van der Waals surface area contributed by atoms with Gasteiger partial charge in [0, 0.05) is 23.1 Å². The van der Waals surface area contributed by atoms with Crippen LogP contribution in [-0.2, 0) is 30.8 Å². The monoisotopic (exact) mass is 547 g/mol. The third-order valence-corrected chi connectivity index (χ3v) is 8.29. The second-order valence-corrected chi connectivity index (χ2v) is 12.0. The van der Waals surface area contributed by atoms with Crippen LogP contribution in [0.25, 0.3) is 5.76 Å². The molecular weight excluding hydrogens is 518 g/mol. The molecule has 2 fully saturated rings. The summed E-state index contributed by atoms with van der Waals surface area (Å²) < 4.78 is 24.8. The van der Waals surface area contributed by atoms with Crippen molar-refractivity contribution in [2.24, 2.45) is 23.5 Å². The zero-order valence-electron chi connectivity index (χ0n) is 20.9. The third-order valence-electron chi connectivity index (χ3n) is 7.62. The smallest absolute Gasteiger partial charge is 0.230 e. The van der Waals surface area contributed by atoms with E-state index in [4.69, 9.17) is 5.73 Å². The summed E-state index contributed by atoms with van der Waals surface area (Å²) in [6.07, 6.45) is -0.510. The van der Waals surface area contributed by atoms with Crippen LogP contribution in [0.1, 0.15) is 23.1 Å². The maximum absolute atomic E-state index is 13.8. The number of amides is 1. The molecule has 6 atom stereocenters. The van der Waals surface area contributed by atoms with Crippen LogP contribution in [0.5, 0.6) is 5.75 Å². The number of sulfonamides is 1. The number of phenols is 1. The van der Waals surface area contributed by atoms with E-state index in [0.29, 0.717) is 11.1 Å². The Balaban J connectivity index is 1.84. The predicted octanol–water partition coefficient (Wildman–Crippen LogP) is -1.97. The van der Waals surface area contributed by atoms with Gasteiger partial charge in [0.15, 0.2) is 11.4 Å². The fourth-order valence-electron chi connectivity index (χ4n) is 6.03. The summed E-state index contributed by atoms with van der Waals surface area (Å²) in [7, 11) is -0.321. The molecule has 0 heterocycles.